The van der Waals surface area contributed by atoms with Crippen LogP contribution in [0.1, 0.15) is 24.8 Å². The van der Waals surface area contributed by atoms with Crippen LogP contribution in [0.15, 0.2) is 24.3 Å². The molecule has 1 aromatic carbocycles. The van der Waals surface area contributed by atoms with Gasteiger partial charge in [-0.2, -0.15) is 0 Å². The number of nitrogens with two attached hydrogens (primary N) is 1. The summed E-state index contributed by atoms with van der Waals surface area (Å²) in [6.07, 6.45) is 2.74. The normalized spacial score (nSPS) is 15.8. The lowest BCUT2D eigenvalue weighted by atomic mass is 10.0. The van der Waals surface area contributed by atoms with Crippen LogP contribution in [-0.4, -0.2) is 26.3 Å². The quantitative estimate of drug-likeness (QED) is 0.539. The molecule has 0 unspecified atom stereocenters. The Kier molecular flexibility index (Phi) is 4.27. The van der Waals surface area contributed by atoms with E-state index in [1.54, 1.807) is 7.11 Å². The van der Waals surface area contributed by atoms with Crippen molar-refractivity contribution in [1.82, 2.24) is 10.6 Å². The van der Waals surface area contributed by atoms with Crippen LogP contribution in [0.25, 0.3) is 0 Å². The number of benzene rings is 1. The van der Waals surface area contributed by atoms with Crippen molar-refractivity contribution in [2.24, 2.45) is 0 Å². The smallest absolute Gasteiger partial charge is 0.315 e. The van der Waals surface area contributed by atoms with E-state index in [9.17, 15) is 4.79 Å². The summed E-state index contributed by atoms with van der Waals surface area (Å²) >= 11 is 0. The number of amides is 2. The second-order valence-corrected chi connectivity index (χ2v) is 4.93. The molecule has 1 fully saturated rings. The van der Waals surface area contributed by atoms with Crippen molar-refractivity contribution < 1.29 is 9.53 Å². The zero-order valence-corrected chi connectivity index (χ0v) is 11.2. The molecule has 0 atom stereocenters. The summed E-state index contributed by atoms with van der Waals surface area (Å²) in [5.74, 6) is 0. The molecule has 0 aliphatic heterocycles. The highest BCUT2D eigenvalue weighted by molar-refractivity contribution is 5.75. The lowest BCUT2D eigenvalue weighted by Gasteiger charge is -2.18. The minimum absolute atomic E-state index is 0.129. The highest BCUT2D eigenvalue weighted by atomic mass is 16.5. The number of carbonyl (C=O) groups excluding carboxylic acids is 1. The predicted octanol–water partition coefficient (Wildman–Crippen LogP) is 1.59. The van der Waals surface area contributed by atoms with Gasteiger partial charge >= 0.3 is 6.03 Å². The Labute approximate surface area is 113 Å². The molecule has 104 valence electrons. The van der Waals surface area contributed by atoms with Gasteiger partial charge in [0.1, 0.15) is 0 Å². The van der Waals surface area contributed by atoms with Crippen LogP contribution in [0.4, 0.5) is 10.5 Å². The third kappa shape index (κ3) is 3.61. The molecule has 5 heteroatoms. The average molecular weight is 263 g/mol. The van der Waals surface area contributed by atoms with E-state index in [0.29, 0.717) is 13.2 Å². The fourth-order valence-corrected chi connectivity index (χ4v) is 2.13. The van der Waals surface area contributed by atoms with Crippen LogP contribution in [0.3, 0.4) is 0 Å². The van der Waals surface area contributed by atoms with Crippen molar-refractivity contribution in [2.45, 2.75) is 24.8 Å². The number of carbonyl (C=O) groups is 1. The van der Waals surface area contributed by atoms with Crippen molar-refractivity contribution in [3.63, 3.8) is 0 Å². The van der Waals surface area contributed by atoms with E-state index >= 15 is 0 Å². The van der Waals surface area contributed by atoms with Crippen molar-refractivity contribution >= 4 is 11.7 Å². The fraction of sp³-hybridized carbons (Fsp3) is 0.500. The van der Waals surface area contributed by atoms with Gasteiger partial charge in [-0.3, -0.25) is 0 Å². The van der Waals surface area contributed by atoms with Crippen LogP contribution in [0.2, 0.25) is 0 Å². The van der Waals surface area contributed by atoms with E-state index in [-0.39, 0.29) is 11.6 Å². The van der Waals surface area contributed by atoms with E-state index < -0.39 is 0 Å². The minimum Gasteiger partial charge on any atom is -0.399 e. The third-order valence-corrected chi connectivity index (χ3v) is 3.35. The molecule has 2 amide bonds. The first-order valence-electron chi connectivity index (χ1n) is 6.57. The van der Waals surface area contributed by atoms with Gasteiger partial charge in [-0.05, 0) is 37.0 Å². The van der Waals surface area contributed by atoms with Gasteiger partial charge in [-0.1, -0.05) is 12.1 Å². The van der Waals surface area contributed by atoms with E-state index in [2.05, 4.69) is 10.6 Å². The maximum absolute atomic E-state index is 11.8. The summed E-state index contributed by atoms with van der Waals surface area (Å²) in [6.45, 7) is 1.27. The van der Waals surface area contributed by atoms with Gasteiger partial charge in [0.2, 0.25) is 0 Å². The molecule has 2 rings (SSSR count). The van der Waals surface area contributed by atoms with Crippen LogP contribution >= 0.6 is 0 Å². The highest BCUT2D eigenvalue weighted by Gasteiger charge is 2.45. The largest absolute Gasteiger partial charge is 0.399 e. The Morgan fingerprint density at radius 2 is 2.26 bits per heavy atom. The Morgan fingerprint density at radius 3 is 2.89 bits per heavy atom. The van der Waals surface area contributed by atoms with Gasteiger partial charge in [0.05, 0.1) is 5.54 Å². The van der Waals surface area contributed by atoms with Crippen molar-refractivity contribution in [2.75, 3.05) is 26.0 Å². The Bertz CT molecular complexity index is 444. The second kappa shape index (κ2) is 5.93. The topological polar surface area (TPSA) is 76.4 Å². The molecule has 19 heavy (non-hydrogen) atoms. The van der Waals surface area contributed by atoms with Crippen molar-refractivity contribution in [3.05, 3.63) is 29.8 Å². The van der Waals surface area contributed by atoms with E-state index in [1.807, 2.05) is 24.3 Å². The van der Waals surface area contributed by atoms with Gasteiger partial charge in [0, 0.05) is 25.9 Å². The molecule has 0 saturated heterocycles. The number of nitrogen functional groups attached to an aromatic ring is 1. The second-order valence-electron chi connectivity index (χ2n) is 4.93. The lowest BCUT2D eigenvalue weighted by molar-refractivity contribution is 0.193. The predicted molar refractivity (Wildman–Crippen MR) is 74.8 cm³/mol. The zero-order valence-electron chi connectivity index (χ0n) is 11.2. The number of rotatable bonds is 6. The standard InChI is InChI=1S/C14H21N3O2/c1-19-9-3-8-16-13(18)17-14(6-7-14)11-4-2-5-12(15)10-11/h2,4-5,10H,3,6-9,15H2,1H3,(H2,16,17,18). The Morgan fingerprint density at radius 1 is 1.47 bits per heavy atom. The molecule has 0 spiro atoms. The third-order valence-electron chi connectivity index (χ3n) is 3.35. The van der Waals surface area contributed by atoms with E-state index in [4.69, 9.17) is 10.5 Å². The van der Waals surface area contributed by atoms with Gasteiger partial charge in [0.25, 0.3) is 0 Å². The number of anilines is 1. The van der Waals surface area contributed by atoms with Gasteiger partial charge in [-0.25, -0.2) is 4.79 Å². The molecule has 4 N–H and O–H groups in total. The maximum Gasteiger partial charge on any atom is 0.315 e. The van der Waals surface area contributed by atoms with Crippen molar-refractivity contribution in [1.29, 1.82) is 0 Å². The summed E-state index contributed by atoms with van der Waals surface area (Å²) < 4.78 is 4.93. The molecule has 5 nitrogen and oxygen atoms in total. The molecule has 0 bridgehead atoms. The molecular weight excluding hydrogens is 242 g/mol. The summed E-state index contributed by atoms with van der Waals surface area (Å²) in [5.41, 5.74) is 7.37. The molecule has 0 heterocycles. The van der Waals surface area contributed by atoms with Gasteiger partial charge in [-0.15, -0.1) is 0 Å². The maximum atomic E-state index is 11.8. The SMILES string of the molecule is COCCCNC(=O)NC1(c2cccc(N)c2)CC1. The van der Waals surface area contributed by atoms with Crippen LogP contribution in [-0.2, 0) is 10.3 Å². The average Bonchev–Trinajstić information content (AvgIpc) is 3.16. The molecule has 1 aliphatic carbocycles. The van der Waals surface area contributed by atoms with Crippen LogP contribution in [0.5, 0.6) is 0 Å². The molecule has 1 saturated carbocycles. The minimum atomic E-state index is -0.222. The molecule has 1 aliphatic rings. The number of urea groups is 1. The summed E-state index contributed by atoms with van der Waals surface area (Å²) in [5, 5.41) is 5.88. The monoisotopic (exact) mass is 263 g/mol. The van der Waals surface area contributed by atoms with Crippen LogP contribution in [0, 0.1) is 0 Å². The first-order valence-corrected chi connectivity index (χ1v) is 6.57. The van der Waals surface area contributed by atoms with Gasteiger partial charge in [0.15, 0.2) is 0 Å². The van der Waals surface area contributed by atoms with Crippen LogP contribution < -0.4 is 16.4 Å². The first-order chi connectivity index (χ1) is 9.16. The molecular formula is C14H21N3O2. The summed E-state index contributed by atoms with van der Waals surface area (Å²) in [4.78, 5) is 11.8. The summed E-state index contributed by atoms with van der Waals surface area (Å²) in [6, 6.07) is 7.58. The fourth-order valence-electron chi connectivity index (χ4n) is 2.13. The number of ether oxygens (including phenoxy) is 1. The number of hydrogen-bond donors (Lipinski definition) is 3. The molecule has 0 aromatic heterocycles. The Balaban J connectivity index is 1.86. The Hall–Kier alpha value is -1.75. The van der Waals surface area contributed by atoms with E-state index in [0.717, 1.165) is 30.5 Å². The van der Waals surface area contributed by atoms with Gasteiger partial charge < -0.3 is 21.1 Å². The number of hydrogen-bond acceptors (Lipinski definition) is 3. The number of nitrogens with one attached hydrogen (secondary N) is 2. The number of methoxy groups -OCH3 is 1. The first kappa shape index (κ1) is 13.7. The lowest BCUT2D eigenvalue weighted by Crippen LogP contribution is -2.42. The van der Waals surface area contributed by atoms with E-state index in [1.165, 1.54) is 0 Å². The highest BCUT2D eigenvalue weighted by Crippen LogP contribution is 2.45. The summed E-state index contributed by atoms with van der Waals surface area (Å²) in [7, 11) is 1.65. The molecule has 1 aromatic rings. The zero-order chi connectivity index (χ0) is 13.7. The van der Waals surface area contributed by atoms with Crippen molar-refractivity contribution in [3.8, 4) is 0 Å². The molecule has 0 radical (unpaired) electrons.